The minimum Gasteiger partial charge on any atom is -0.294 e. The van der Waals surface area contributed by atoms with Gasteiger partial charge in [0, 0.05) is 29.8 Å². The van der Waals surface area contributed by atoms with Gasteiger partial charge in [0.15, 0.2) is 5.78 Å². The Labute approximate surface area is 174 Å². The first kappa shape index (κ1) is 18.7. The van der Waals surface area contributed by atoms with Crippen LogP contribution in [0.5, 0.6) is 0 Å². The van der Waals surface area contributed by atoms with Crippen molar-refractivity contribution in [1.29, 1.82) is 0 Å². The molecule has 4 aromatic rings. The molecule has 0 saturated heterocycles. The molecule has 5 rings (SSSR count). The zero-order valence-electron chi connectivity index (χ0n) is 16.8. The molecule has 0 amide bonds. The van der Waals surface area contributed by atoms with Gasteiger partial charge in [-0.2, -0.15) is 5.10 Å². The second-order valence-corrected chi connectivity index (χ2v) is 8.14. The van der Waals surface area contributed by atoms with Gasteiger partial charge in [0.05, 0.1) is 18.3 Å². The molecule has 0 N–H and O–H groups in total. The first-order valence-corrected chi connectivity index (χ1v) is 10.3. The smallest absolute Gasteiger partial charge is 0.163 e. The van der Waals surface area contributed by atoms with E-state index in [-0.39, 0.29) is 11.6 Å². The van der Waals surface area contributed by atoms with Crippen molar-refractivity contribution >= 4 is 16.7 Å². The van der Waals surface area contributed by atoms with Gasteiger partial charge >= 0.3 is 0 Å². The lowest BCUT2D eigenvalue weighted by atomic mass is 9.94. The lowest BCUT2D eigenvalue weighted by Gasteiger charge is -2.11. The van der Waals surface area contributed by atoms with Crippen LogP contribution >= 0.6 is 0 Å². The third-order valence-corrected chi connectivity index (χ3v) is 5.85. The summed E-state index contributed by atoms with van der Waals surface area (Å²) in [5.74, 6) is 0.175. The van der Waals surface area contributed by atoms with Crippen LogP contribution in [0.3, 0.4) is 0 Å². The number of carbonyl (C=O) groups excluding carboxylic acids is 1. The van der Waals surface area contributed by atoms with Crippen LogP contribution in [-0.4, -0.2) is 20.5 Å². The summed E-state index contributed by atoms with van der Waals surface area (Å²) in [5.41, 5.74) is 4.75. The van der Waals surface area contributed by atoms with E-state index in [0.29, 0.717) is 30.0 Å². The van der Waals surface area contributed by atoms with Crippen LogP contribution in [0.1, 0.15) is 40.7 Å². The fraction of sp³-hybridized carbons (Fsp3) is 0.240. The van der Waals surface area contributed by atoms with E-state index >= 15 is 0 Å². The predicted octanol–water partition coefficient (Wildman–Crippen LogP) is 5.58. The highest BCUT2D eigenvalue weighted by Gasteiger charge is 2.25. The molecule has 0 atom stereocenters. The zero-order valence-corrected chi connectivity index (χ0v) is 16.8. The maximum Gasteiger partial charge on any atom is 0.163 e. The Hall–Kier alpha value is -3.34. The SMILES string of the molecule is Cc1c(F)cc(C(=O)CC2CC2)cc1-c1ccc2c(cnn2Cc2cccnc2)c1. The molecule has 0 radical (unpaired) electrons. The van der Waals surface area contributed by atoms with Gasteiger partial charge in [0.25, 0.3) is 0 Å². The van der Waals surface area contributed by atoms with E-state index in [1.54, 1.807) is 13.1 Å². The number of aromatic nitrogens is 3. The molecule has 2 aromatic heterocycles. The van der Waals surface area contributed by atoms with Gasteiger partial charge in [0.2, 0.25) is 0 Å². The predicted molar refractivity (Wildman–Crippen MR) is 115 cm³/mol. The fourth-order valence-electron chi connectivity index (χ4n) is 3.89. The van der Waals surface area contributed by atoms with Crippen molar-refractivity contribution in [2.24, 2.45) is 5.92 Å². The number of hydrogen-bond donors (Lipinski definition) is 0. The molecule has 30 heavy (non-hydrogen) atoms. The van der Waals surface area contributed by atoms with Crippen LogP contribution < -0.4 is 0 Å². The third kappa shape index (κ3) is 3.63. The van der Waals surface area contributed by atoms with Crippen LogP contribution in [0, 0.1) is 18.7 Å². The number of rotatable bonds is 6. The van der Waals surface area contributed by atoms with Crippen molar-refractivity contribution in [2.75, 3.05) is 0 Å². The molecule has 1 aliphatic rings. The summed E-state index contributed by atoms with van der Waals surface area (Å²) in [4.78, 5) is 16.7. The summed E-state index contributed by atoms with van der Waals surface area (Å²) in [6.45, 7) is 2.39. The Morgan fingerprint density at radius 3 is 2.80 bits per heavy atom. The average Bonchev–Trinajstić information content (AvgIpc) is 3.49. The van der Waals surface area contributed by atoms with Crippen LogP contribution in [0.4, 0.5) is 4.39 Å². The standard InChI is InChI=1S/C25H22FN3O/c1-16-22(11-20(12-23(16)26)25(30)9-17-4-5-17)19-6-7-24-21(10-19)14-28-29(24)15-18-3-2-8-27-13-18/h2-3,6-8,10-14,17H,4-5,9,15H2,1H3. The Bertz CT molecular complexity index is 1240. The first-order valence-electron chi connectivity index (χ1n) is 10.3. The summed E-state index contributed by atoms with van der Waals surface area (Å²) in [6.07, 6.45) is 8.13. The Morgan fingerprint density at radius 1 is 1.17 bits per heavy atom. The molecule has 150 valence electrons. The molecular formula is C25H22FN3O. The van der Waals surface area contributed by atoms with E-state index in [1.807, 2.05) is 53.5 Å². The number of carbonyl (C=O) groups is 1. The third-order valence-electron chi connectivity index (χ3n) is 5.85. The van der Waals surface area contributed by atoms with Crippen molar-refractivity contribution in [2.45, 2.75) is 32.7 Å². The Morgan fingerprint density at radius 2 is 2.03 bits per heavy atom. The molecule has 0 bridgehead atoms. The summed E-state index contributed by atoms with van der Waals surface area (Å²) in [7, 11) is 0. The quantitative estimate of drug-likeness (QED) is 0.398. The minimum atomic E-state index is -0.334. The van der Waals surface area contributed by atoms with E-state index in [9.17, 15) is 9.18 Å². The molecule has 4 nitrogen and oxygen atoms in total. The van der Waals surface area contributed by atoms with Crippen LogP contribution in [0.2, 0.25) is 0 Å². The molecule has 1 aliphatic carbocycles. The van der Waals surface area contributed by atoms with Crippen molar-refractivity contribution in [3.05, 3.63) is 83.6 Å². The molecule has 0 spiro atoms. The number of Topliss-reactive ketones (excluding diaryl/α,β-unsaturated/α-hetero) is 1. The zero-order chi connectivity index (χ0) is 20.7. The molecule has 1 saturated carbocycles. The topological polar surface area (TPSA) is 47.8 Å². The van der Waals surface area contributed by atoms with E-state index in [0.717, 1.165) is 40.4 Å². The number of benzene rings is 2. The summed E-state index contributed by atoms with van der Waals surface area (Å²) < 4.78 is 16.6. The highest BCUT2D eigenvalue weighted by Crippen LogP contribution is 2.35. The molecule has 0 aliphatic heterocycles. The summed E-state index contributed by atoms with van der Waals surface area (Å²) >= 11 is 0. The van der Waals surface area contributed by atoms with Gasteiger partial charge in [-0.15, -0.1) is 0 Å². The van der Waals surface area contributed by atoms with Gasteiger partial charge in [-0.05, 0) is 78.3 Å². The molecule has 0 unspecified atom stereocenters. The highest BCUT2D eigenvalue weighted by atomic mass is 19.1. The molecular weight excluding hydrogens is 377 g/mol. The first-order chi connectivity index (χ1) is 14.6. The number of nitrogens with zero attached hydrogens (tertiary/aromatic N) is 3. The number of pyridine rings is 1. The Kier molecular flexibility index (Phi) is 4.66. The van der Waals surface area contributed by atoms with E-state index in [1.165, 1.54) is 6.07 Å². The van der Waals surface area contributed by atoms with Gasteiger partial charge in [-0.25, -0.2) is 4.39 Å². The lowest BCUT2D eigenvalue weighted by Crippen LogP contribution is -2.03. The number of ketones is 1. The second-order valence-electron chi connectivity index (χ2n) is 8.14. The van der Waals surface area contributed by atoms with Gasteiger partial charge in [-0.3, -0.25) is 14.5 Å². The van der Waals surface area contributed by atoms with Crippen LogP contribution in [-0.2, 0) is 6.54 Å². The van der Waals surface area contributed by atoms with Crippen LogP contribution in [0.25, 0.3) is 22.0 Å². The fourth-order valence-corrected chi connectivity index (χ4v) is 3.89. The maximum absolute atomic E-state index is 14.6. The second kappa shape index (κ2) is 7.48. The number of halogens is 1. The van der Waals surface area contributed by atoms with Crippen molar-refractivity contribution in [3.63, 3.8) is 0 Å². The molecule has 2 aromatic carbocycles. The summed E-state index contributed by atoms with van der Waals surface area (Å²) in [6, 6.07) is 13.1. The minimum absolute atomic E-state index is 0.0306. The molecule has 5 heteroatoms. The largest absolute Gasteiger partial charge is 0.294 e. The maximum atomic E-state index is 14.6. The normalized spacial score (nSPS) is 13.7. The van der Waals surface area contributed by atoms with Gasteiger partial charge in [-0.1, -0.05) is 12.1 Å². The van der Waals surface area contributed by atoms with Crippen molar-refractivity contribution in [1.82, 2.24) is 14.8 Å². The monoisotopic (exact) mass is 399 g/mol. The van der Waals surface area contributed by atoms with Gasteiger partial charge in [0.1, 0.15) is 5.82 Å². The van der Waals surface area contributed by atoms with Crippen molar-refractivity contribution in [3.8, 4) is 11.1 Å². The van der Waals surface area contributed by atoms with Gasteiger partial charge < -0.3 is 0 Å². The summed E-state index contributed by atoms with van der Waals surface area (Å²) in [5, 5.41) is 5.49. The van der Waals surface area contributed by atoms with E-state index in [2.05, 4.69) is 10.1 Å². The van der Waals surface area contributed by atoms with Crippen molar-refractivity contribution < 1.29 is 9.18 Å². The van der Waals surface area contributed by atoms with E-state index < -0.39 is 0 Å². The Balaban J connectivity index is 1.50. The lowest BCUT2D eigenvalue weighted by molar-refractivity contribution is 0.0975. The average molecular weight is 399 g/mol. The molecule has 1 fully saturated rings. The van der Waals surface area contributed by atoms with Crippen LogP contribution in [0.15, 0.2) is 61.1 Å². The highest BCUT2D eigenvalue weighted by molar-refractivity contribution is 5.98. The number of fused-ring (bicyclic) bond motifs is 1. The number of hydrogen-bond acceptors (Lipinski definition) is 3. The molecule has 2 heterocycles. The van der Waals surface area contributed by atoms with E-state index in [4.69, 9.17) is 0 Å².